The van der Waals surface area contributed by atoms with Crippen LogP contribution < -0.4 is 5.73 Å². The molecule has 0 fully saturated rings. The van der Waals surface area contributed by atoms with E-state index in [1.165, 1.54) is 0 Å². The van der Waals surface area contributed by atoms with Crippen LogP contribution in [0.4, 0.5) is 0 Å². The van der Waals surface area contributed by atoms with Crippen LogP contribution in [0.1, 0.15) is 26.5 Å². The van der Waals surface area contributed by atoms with Crippen molar-refractivity contribution in [3.05, 3.63) is 66.0 Å². The number of hydrogen-bond donors (Lipinski definition) is 3. The molecule has 0 aliphatic carbocycles. The van der Waals surface area contributed by atoms with Crippen molar-refractivity contribution in [3.8, 4) is 34.3 Å². The van der Waals surface area contributed by atoms with Gasteiger partial charge in [-0.1, -0.05) is 24.3 Å². The van der Waals surface area contributed by atoms with Gasteiger partial charge in [0.15, 0.2) is 0 Å². The summed E-state index contributed by atoms with van der Waals surface area (Å²) >= 11 is 0. The molecule has 4 rings (SSSR count). The standard InChI is InChI=1S/C24H26N6O3S.H2/c1-14(2)34(31,32)19-11-9-16(10-12-19)20-13-27-15(3)21(28-20)24-30-29-23(33-24)18-7-5-17(6-8-18)22(25)26-4;/h5-14,31-32H,1-4H3,(H2,25,26);1H. The molecular formula is C24H28N6O3S. The van der Waals surface area contributed by atoms with Gasteiger partial charge in [0.05, 0.1) is 22.5 Å². The minimum atomic E-state index is -2.85. The molecule has 2 aromatic heterocycles. The van der Waals surface area contributed by atoms with Crippen LogP contribution in [-0.2, 0) is 0 Å². The third-order valence-electron chi connectivity index (χ3n) is 5.41. The van der Waals surface area contributed by atoms with E-state index < -0.39 is 10.6 Å². The van der Waals surface area contributed by atoms with Gasteiger partial charge in [0.2, 0.25) is 5.89 Å². The third-order valence-corrected chi connectivity index (χ3v) is 7.69. The summed E-state index contributed by atoms with van der Waals surface area (Å²) in [6, 6.07) is 14.3. The summed E-state index contributed by atoms with van der Waals surface area (Å²) in [6.45, 7) is 5.38. The highest BCUT2D eigenvalue weighted by Gasteiger charge is 2.21. The fraction of sp³-hybridized carbons (Fsp3) is 0.208. The highest BCUT2D eigenvalue weighted by Crippen LogP contribution is 2.52. The molecular weight excluding hydrogens is 452 g/mol. The average Bonchev–Trinajstić information content (AvgIpc) is 3.34. The molecule has 0 aliphatic heterocycles. The third kappa shape index (κ3) is 4.56. The van der Waals surface area contributed by atoms with Gasteiger partial charge >= 0.3 is 0 Å². The molecule has 0 saturated heterocycles. The van der Waals surface area contributed by atoms with E-state index >= 15 is 0 Å². The molecule has 9 nitrogen and oxygen atoms in total. The average molecular weight is 481 g/mol. The molecule has 0 radical (unpaired) electrons. The fourth-order valence-corrected chi connectivity index (χ4v) is 4.32. The molecule has 10 heteroatoms. The van der Waals surface area contributed by atoms with E-state index in [1.807, 2.05) is 31.2 Å². The lowest BCUT2D eigenvalue weighted by Crippen LogP contribution is -2.12. The van der Waals surface area contributed by atoms with E-state index in [0.717, 1.165) is 16.7 Å². The quantitative estimate of drug-likeness (QED) is 0.250. The molecule has 0 amide bonds. The molecule has 0 saturated carbocycles. The second-order valence-corrected chi connectivity index (χ2v) is 10.6. The van der Waals surface area contributed by atoms with Crippen molar-refractivity contribution in [1.82, 2.24) is 20.2 Å². The Morgan fingerprint density at radius 1 is 1.00 bits per heavy atom. The number of nitrogens with two attached hydrogens (primary N) is 1. The zero-order valence-corrected chi connectivity index (χ0v) is 20.1. The maximum atomic E-state index is 10.4. The van der Waals surface area contributed by atoms with Crippen molar-refractivity contribution in [1.29, 1.82) is 0 Å². The van der Waals surface area contributed by atoms with Crippen LogP contribution in [0, 0.1) is 6.92 Å². The van der Waals surface area contributed by atoms with E-state index in [1.54, 1.807) is 51.4 Å². The summed E-state index contributed by atoms with van der Waals surface area (Å²) in [5.74, 6) is 1.05. The highest BCUT2D eigenvalue weighted by atomic mass is 32.3. The molecule has 0 aliphatic rings. The van der Waals surface area contributed by atoms with Gasteiger partial charge in [-0.25, -0.2) is 4.98 Å². The predicted octanol–water partition coefficient (Wildman–Crippen LogP) is 5.27. The number of rotatable bonds is 6. The molecule has 0 bridgehead atoms. The normalized spacial score (nSPS) is 12.9. The number of aliphatic imine (C=N–C) groups is 1. The molecule has 2 heterocycles. The van der Waals surface area contributed by atoms with Gasteiger partial charge in [0, 0.05) is 30.4 Å². The Morgan fingerprint density at radius 3 is 2.24 bits per heavy atom. The maximum absolute atomic E-state index is 10.4. The molecule has 34 heavy (non-hydrogen) atoms. The van der Waals surface area contributed by atoms with Crippen molar-refractivity contribution >= 4 is 16.4 Å². The highest BCUT2D eigenvalue weighted by molar-refractivity contribution is 8.24. The number of nitrogens with zero attached hydrogens (tertiary/aromatic N) is 5. The molecule has 0 spiro atoms. The van der Waals surface area contributed by atoms with Gasteiger partial charge in [0.1, 0.15) is 11.5 Å². The first-order valence-corrected chi connectivity index (χ1v) is 12.2. The summed E-state index contributed by atoms with van der Waals surface area (Å²) in [5, 5.41) is 8.05. The Morgan fingerprint density at radius 2 is 1.62 bits per heavy atom. The van der Waals surface area contributed by atoms with Crippen molar-refractivity contribution in [2.75, 3.05) is 7.05 Å². The Hall–Kier alpha value is -3.60. The summed E-state index contributed by atoms with van der Waals surface area (Å²) in [4.78, 5) is 13.6. The molecule has 4 aromatic rings. The second-order valence-electron chi connectivity index (χ2n) is 7.95. The first kappa shape index (κ1) is 23.6. The fourth-order valence-electron chi connectivity index (χ4n) is 3.24. The summed E-state index contributed by atoms with van der Waals surface area (Å²) in [6.07, 6.45) is 1.66. The van der Waals surface area contributed by atoms with Crippen LogP contribution >= 0.6 is 10.6 Å². The zero-order valence-electron chi connectivity index (χ0n) is 19.3. The first-order valence-electron chi connectivity index (χ1n) is 10.6. The Bertz CT molecular complexity index is 1340. The summed E-state index contributed by atoms with van der Waals surface area (Å²) < 4.78 is 26.6. The summed E-state index contributed by atoms with van der Waals surface area (Å²) in [7, 11) is -1.21. The van der Waals surface area contributed by atoms with Gasteiger partial charge in [0.25, 0.3) is 5.89 Å². The number of hydrogen-bond acceptors (Lipinski definition) is 8. The van der Waals surface area contributed by atoms with E-state index in [4.69, 9.17) is 10.2 Å². The van der Waals surface area contributed by atoms with Crippen molar-refractivity contribution in [3.63, 3.8) is 0 Å². The zero-order chi connectivity index (χ0) is 24.5. The van der Waals surface area contributed by atoms with Crippen molar-refractivity contribution in [2.45, 2.75) is 30.9 Å². The molecule has 178 valence electrons. The lowest BCUT2D eigenvalue weighted by atomic mass is 10.1. The summed E-state index contributed by atoms with van der Waals surface area (Å²) in [5.41, 5.74) is 9.90. The second kappa shape index (κ2) is 9.34. The number of aryl methyl sites for hydroxylation is 1. The topological polar surface area (TPSA) is 144 Å². The monoisotopic (exact) mass is 480 g/mol. The van der Waals surface area contributed by atoms with Crippen LogP contribution in [0.15, 0.2) is 69.0 Å². The largest absolute Gasteiger partial charge is 0.415 e. The number of benzene rings is 2. The van der Waals surface area contributed by atoms with Crippen molar-refractivity contribution < 1.29 is 14.9 Å². The van der Waals surface area contributed by atoms with Crippen LogP contribution in [0.5, 0.6) is 0 Å². The SMILES string of the molecule is CN=C(N)c1ccc(-c2nnc(-c3nc(-c4ccc(S(O)(O)C(C)C)cc4)cnc3C)o2)cc1.[HH]. The van der Waals surface area contributed by atoms with Crippen LogP contribution in [0.25, 0.3) is 34.3 Å². The lowest BCUT2D eigenvalue weighted by Gasteiger charge is -2.36. The Labute approximate surface area is 200 Å². The van der Waals surface area contributed by atoms with E-state index in [0.29, 0.717) is 33.7 Å². The van der Waals surface area contributed by atoms with Gasteiger partial charge in [-0.05, 0) is 45.0 Å². The maximum Gasteiger partial charge on any atom is 0.268 e. The molecule has 2 aromatic carbocycles. The van der Waals surface area contributed by atoms with E-state index in [-0.39, 0.29) is 12.6 Å². The predicted molar refractivity (Wildman–Crippen MR) is 136 cm³/mol. The minimum Gasteiger partial charge on any atom is -0.415 e. The van der Waals surface area contributed by atoms with Crippen LogP contribution in [-0.4, -0.2) is 47.4 Å². The van der Waals surface area contributed by atoms with E-state index in [2.05, 4.69) is 25.2 Å². The molecule has 0 atom stereocenters. The van der Waals surface area contributed by atoms with Gasteiger partial charge in [-0.2, -0.15) is 10.6 Å². The van der Waals surface area contributed by atoms with Crippen LogP contribution in [0.2, 0.25) is 0 Å². The first-order chi connectivity index (χ1) is 16.2. The minimum absolute atomic E-state index is 0. The van der Waals surface area contributed by atoms with Gasteiger partial charge in [-0.3, -0.25) is 19.1 Å². The lowest BCUT2D eigenvalue weighted by molar-refractivity contribution is 0.476. The number of amidine groups is 1. The number of aromatic nitrogens is 4. The van der Waals surface area contributed by atoms with Crippen molar-refractivity contribution in [2.24, 2.45) is 10.7 Å². The smallest absolute Gasteiger partial charge is 0.268 e. The van der Waals surface area contributed by atoms with Gasteiger partial charge < -0.3 is 10.2 Å². The van der Waals surface area contributed by atoms with E-state index in [9.17, 15) is 9.11 Å². The molecule has 4 N–H and O–H groups in total. The Balaban J connectivity index is 0.00000342. The molecule has 0 unspecified atom stereocenters. The van der Waals surface area contributed by atoms with Crippen LogP contribution in [0.3, 0.4) is 0 Å². The van der Waals surface area contributed by atoms with Gasteiger partial charge in [-0.15, -0.1) is 10.2 Å². The Kier molecular flexibility index (Phi) is 6.47.